The van der Waals surface area contributed by atoms with Crippen molar-refractivity contribution in [3.8, 4) is 11.3 Å². The first-order valence-electron chi connectivity index (χ1n) is 5.26. The minimum Gasteiger partial charge on any atom is -0.334 e. The predicted octanol–water partition coefficient (Wildman–Crippen LogP) is 3.40. The van der Waals surface area contributed by atoms with Crippen molar-refractivity contribution in [1.29, 1.82) is 0 Å². The lowest BCUT2D eigenvalue weighted by Crippen LogP contribution is -1.88. The molecule has 1 aliphatic rings. The molecule has 0 bridgehead atoms. The molecule has 0 aliphatic carbocycles. The molecule has 0 fully saturated rings. The molecular weight excluding hydrogens is 271 g/mol. The molecule has 0 saturated heterocycles. The summed E-state index contributed by atoms with van der Waals surface area (Å²) >= 11 is 3.19. The standard InChI is InChI=1S/C12H10BrFN2/c13-9-4-1-3-8(12(9)14)10-7-16-6-2-5-11(16)15-10/h1,3-4,7H,2,5-6H2. The molecule has 3 rings (SSSR count). The molecule has 0 radical (unpaired) electrons. The van der Waals surface area contributed by atoms with Gasteiger partial charge in [0.25, 0.3) is 0 Å². The molecule has 0 saturated carbocycles. The minimum absolute atomic E-state index is 0.237. The van der Waals surface area contributed by atoms with Gasteiger partial charge in [-0.3, -0.25) is 0 Å². The summed E-state index contributed by atoms with van der Waals surface area (Å²) in [5.41, 5.74) is 1.30. The molecule has 0 N–H and O–H groups in total. The monoisotopic (exact) mass is 280 g/mol. The quantitative estimate of drug-likeness (QED) is 0.783. The Morgan fingerprint density at radius 2 is 2.25 bits per heavy atom. The van der Waals surface area contributed by atoms with E-state index in [9.17, 15) is 4.39 Å². The third kappa shape index (κ3) is 1.48. The lowest BCUT2D eigenvalue weighted by Gasteiger charge is -2.01. The van der Waals surface area contributed by atoms with Gasteiger partial charge in [0, 0.05) is 24.7 Å². The van der Waals surface area contributed by atoms with E-state index in [2.05, 4.69) is 25.5 Å². The summed E-state index contributed by atoms with van der Waals surface area (Å²) in [7, 11) is 0. The lowest BCUT2D eigenvalue weighted by molar-refractivity contribution is 0.624. The molecule has 0 amide bonds. The number of aryl methyl sites for hydroxylation is 2. The second-order valence-electron chi connectivity index (χ2n) is 3.94. The molecule has 1 aromatic heterocycles. The Hall–Kier alpha value is -1.16. The van der Waals surface area contributed by atoms with Crippen molar-refractivity contribution in [3.63, 3.8) is 0 Å². The highest BCUT2D eigenvalue weighted by Gasteiger charge is 2.17. The fourth-order valence-corrected chi connectivity index (χ4v) is 2.45. The number of nitrogens with zero attached hydrogens (tertiary/aromatic N) is 2. The van der Waals surface area contributed by atoms with Crippen molar-refractivity contribution in [2.45, 2.75) is 19.4 Å². The van der Waals surface area contributed by atoms with E-state index in [-0.39, 0.29) is 5.82 Å². The number of fused-ring (bicyclic) bond motifs is 1. The molecule has 1 aliphatic heterocycles. The van der Waals surface area contributed by atoms with E-state index in [1.807, 2.05) is 12.3 Å². The summed E-state index contributed by atoms with van der Waals surface area (Å²) in [5, 5.41) is 0. The van der Waals surface area contributed by atoms with E-state index < -0.39 is 0 Å². The van der Waals surface area contributed by atoms with Gasteiger partial charge >= 0.3 is 0 Å². The molecule has 2 nitrogen and oxygen atoms in total. The fourth-order valence-electron chi connectivity index (χ4n) is 2.09. The number of aromatic nitrogens is 2. The normalized spacial score (nSPS) is 14.1. The van der Waals surface area contributed by atoms with E-state index >= 15 is 0 Å². The number of hydrogen-bond acceptors (Lipinski definition) is 1. The highest BCUT2D eigenvalue weighted by Crippen LogP contribution is 2.28. The van der Waals surface area contributed by atoms with E-state index in [0.29, 0.717) is 10.0 Å². The summed E-state index contributed by atoms with van der Waals surface area (Å²) in [4.78, 5) is 4.47. The molecule has 0 unspecified atom stereocenters. The van der Waals surface area contributed by atoms with Crippen LogP contribution in [0, 0.1) is 5.82 Å². The maximum atomic E-state index is 13.9. The van der Waals surface area contributed by atoms with Gasteiger partial charge in [0.15, 0.2) is 0 Å². The SMILES string of the molecule is Fc1c(Br)cccc1-c1cn2c(n1)CCC2. The Balaban J connectivity index is 2.12. The predicted molar refractivity (Wildman–Crippen MR) is 63.6 cm³/mol. The zero-order valence-corrected chi connectivity index (χ0v) is 10.2. The molecule has 82 valence electrons. The van der Waals surface area contributed by atoms with E-state index in [1.54, 1.807) is 12.1 Å². The van der Waals surface area contributed by atoms with Crippen LogP contribution in [0.15, 0.2) is 28.9 Å². The van der Waals surface area contributed by atoms with Gasteiger partial charge in [-0.15, -0.1) is 0 Å². The highest BCUT2D eigenvalue weighted by atomic mass is 79.9. The van der Waals surface area contributed by atoms with Gasteiger partial charge < -0.3 is 4.57 Å². The third-order valence-corrected chi connectivity index (χ3v) is 3.50. The van der Waals surface area contributed by atoms with Crippen LogP contribution in [0.1, 0.15) is 12.2 Å². The third-order valence-electron chi connectivity index (χ3n) is 2.89. The van der Waals surface area contributed by atoms with E-state index in [0.717, 1.165) is 30.9 Å². The first kappa shape index (κ1) is 10.0. The average Bonchev–Trinajstić information content (AvgIpc) is 2.81. The molecule has 16 heavy (non-hydrogen) atoms. The van der Waals surface area contributed by atoms with E-state index in [4.69, 9.17) is 0 Å². The Labute approximate surface area is 101 Å². The van der Waals surface area contributed by atoms with Crippen LogP contribution in [0.3, 0.4) is 0 Å². The molecule has 2 aromatic rings. The Morgan fingerprint density at radius 1 is 1.38 bits per heavy atom. The van der Waals surface area contributed by atoms with Crippen LogP contribution in [0.5, 0.6) is 0 Å². The van der Waals surface area contributed by atoms with Gasteiger partial charge in [0.1, 0.15) is 11.6 Å². The molecule has 1 aromatic carbocycles. The molecule has 2 heterocycles. The molecule has 0 atom stereocenters. The van der Waals surface area contributed by atoms with Gasteiger partial charge in [-0.2, -0.15) is 0 Å². The number of imidazole rings is 1. The van der Waals surface area contributed by atoms with Crippen LogP contribution in [-0.4, -0.2) is 9.55 Å². The van der Waals surface area contributed by atoms with Gasteiger partial charge in [0.2, 0.25) is 0 Å². The molecule has 0 spiro atoms. The zero-order valence-electron chi connectivity index (χ0n) is 8.58. The van der Waals surface area contributed by atoms with Crippen molar-refractivity contribution in [2.75, 3.05) is 0 Å². The smallest absolute Gasteiger partial charge is 0.146 e. The second-order valence-corrected chi connectivity index (χ2v) is 4.80. The first-order valence-corrected chi connectivity index (χ1v) is 6.05. The minimum atomic E-state index is -0.237. The molecule has 4 heteroatoms. The van der Waals surface area contributed by atoms with Crippen LogP contribution < -0.4 is 0 Å². The van der Waals surface area contributed by atoms with Crippen LogP contribution in [-0.2, 0) is 13.0 Å². The highest BCUT2D eigenvalue weighted by molar-refractivity contribution is 9.10. The summed E-state index contributed by atoms with van der Waals surface area (Å²) in [6.07, 6.45) is 4.08. The number of hydrogen-bond donors (Lipinski definition) is 0. The first-order chi connectivity index (χ1) is 7.75. The van der Waals surface area contributed by atoms with Crippen molar-refractivity contribution in [3.05, 3.63) is 40.5 Å². The largest absolute Gasteiger partial charge is 0.334 e. The van der Waals surface area contributed by atoms with Gasteiger partial charge in [-0.05, 0) is 34.5 Å². The zero-order chi connectivity index (χ0) is 11.1. The number of halogens is 2. The van der Waals surface area contributed by atoms with Crippen LogP contribution in [0.2, 0.25) is 0 Å². The fraction of sp³-hybridized carbons (Fsp3) is 0.250. The summed E-state index contributed by atoms with van der Waals surface area (Å²) in [5.74, 6) is 0.827. The summed E-state index contributed by atoms with van der Waals surface area (Å²) < 4.78 is 16.4. The van der Waals surface area contributed by atoms with Crippen LogP contribution >= 0.6 is 15.9 Å². The number of rotatable bonds is 1. The Bertz CT molecular complexity index is 526. The maximum absolute atomic E-state index is 13.9. The van der Waals surface area contributed by atoms with Gasteiger partial charge in [-0.25, -0.2) is 9.37 Å². The average molecular weight is 281 g/mol. The van der Waals surface area contributed by atoms with Crippen molar-refractivity contribution < 1.29 is 4.39 Å². The van der Waals surface area contributed by atoms with Crippen molar-refractivity contribution in [1.82, 2.24) is 9.55 Å². The number of benzene rings is 1. The van der Waals surface area contributed by atoms with Crippen LogP contribution in [0.25, 0.3) is 11.3 Å². The van der Waals surface area contributed by atoms with Gasteiger partial charge in [-0.1, -0.05) is 6.07 Å². The summed E-state index contributed by atoms with van der Waals surface area (Å²) in [6.45, 7) is 0.998. The van der Waals surface area contributed by atoms with Crippen molar-refractivity contribution in [2.24, 2.45) is 0 Å². The van der Waals surface area contributed by atoms with Crippen molar-refractivity contribution >= 4 is 15.9 Å². The Morgan fingerprint density at radius 3 is 3.06 bits per heavy atom. The van der Waals surface area contributed by atoms with Crippen LogP contribution in [0.4, 0.5) is 4.39 Å². The van der Waals surface area contributed by atoms with E-state index in [1.165, 1.54) is 0 Å². The van der Waals surface area contributed by atoms with Gasteiger partial charge in [0.05, 0.1) is 10.2 Å². The maximum Gasteiger partial charge on any atom is 0.146 e. The molecular formula is C12H10BrFN2. The summed E-state index contributed by atoms with van der Waals surface area (Å²) in [6, 6.07) is 5.29. The lowest BCUT2D eigenvalue weighted by atomic mass is 10.1. The topological polar surface area (TPSA) is 17.8 Å². The Kier molecular flexibility index (Phi) is 2.32. The second kappa shape index (κ2) is 3.70.